The summed E-state index contributed by atoms with van der Waals surface area (Å²) in [6.07, 6.45) is 0.188. The van der Waals surface area contributed by atoms with Crippen LogP contribution in [0.15, 0.2) is 47.8 Å². The zero-order valence-electron chi connectivity index (χ0n) is 10.9. The van der Waals surface area contributed by atoms with E-state index in [1.807, 2.05) is 41.8 Å². The average Bonchev–Trinajstić information content (AvgIpc) is 3.09. The maximum absolute atomic E-state index is 12.5. The van der Waals surface area contributed by atoms with Crippen LogP contribution >= 0.6 is 35.3 Å². The van der Waals surface area contributed by atoms with Crippen LogP contribution in [0.4, 0.5) is 5.69 Å². The van der Waals surface area contributed by atoms with Gasteiger partial charge < -0.3 is 0 Å². The summed E-state index contributed by atoms with van der Waals surface area (Å²) in [5.74, 6) is -0.116. The van der Waals surface area contributed by atoms with Gasteiger partial charge in [-0.1, -0.05) is 48.2 Å². The number of benzene rings is 1. The van der Waals surface area contributed by atoms with Gasteiger partial charge in [-0.3, -0.25) is 14.5 Å². The van der Waals surface area contributed by atoms with Crippen LogP contribution in [0.5, 0.6) is 0 Å². The minimum atomic E-state index is -0.424. The SMILES string of the molecule is O=C(CC1SC(=S)N(c2ccccc2)C1=O)c1cccs1. The van der Waals surface area contributed by atoms with E-state index in [0.717, 1.165) is 5.69 Å². The van der Waals surface area contributed by atoms with Crippen LogP contribution in [-0.4, -0.2) is 21.3 Å². The summed E-state index contributed by atoms with van der Waals surface area (Å²) in [5.41, 5.74) is 0.756. The second kappa shape index (κ2) is 6.09. The predicted octanol–water partition coefficient (Wildman–Crippen LogP) is 3.75. The first-order valence-corrected chi connectivity index (χ1v) is 8.50. The van der Waals surface area contributed by atoms with E-state index >= 15 is 0 Å². The van der Waals surface area contributed by atoms with Gasteiger partial charge >= 0.3 is 0 Å². The molecule has 0 N–H and O–H groups in total. The summed E-state index contributed by atoms with van der Waals surface area (Å²) in [6.45, 7) is 0. The molecule has 106 valence electrons. The summed E-state index contributed by atoms with van der Waals surface area (Å²) >= 11 is 7.98. The summed E-state index contributed by atoms with van der Waals surface area (Å²) in [4.78, 5) is 26.8. The highest BCUT2D eigenvalue weighted by Gasteiger charge is 2.39. The Morgan fingerprint density at radius 2 is 1.95 bits per heavy atom. The van der Waals surface area contributed by atoms with E-state index in [0.29, 0.717) is 9.20 Å². The molecule has 1 aromatic heterocycles. The number of thiophene rings is 1. The molecule has 3 nitrogen and oxygen atoms in total. The third kappa shape index (κ3) is 2.92. The highest BCUT2D eigenvalue weighted by atomic mass is 32.2. The molecule has 1 aliphatic rings. The number of ketones is 1. The van der Waals surface area contributed by atoms with Crippen LogP contribution in [0.2, 0.25) is 0 Å². The minimum Gasteiger partial charge on any atom is -0.293 e. The third-order valence-corrected chi connectivity index (χ3v) is 5.52. The Labute approximate surface area is 136 Å². The van der Waals surface area contributed by atoms with Gasteiger partial charge in [-0.15, -0.1) is 11.3 Å². The van der Waals surface area contributed by atoms with Gasteiger partial charge in [-0.05, 0) is 23.6 Å². The maximum atomic E-state index is 12.5. The van der Waals surface area contributed by atoms with E-state index in [4.69, 9.17) is 12.2 Å². The normalized spacial score (nSPS) is 18.3. The van der Waals surface area contributed by atoms with E-state index in [2.05, 4.69) is 0 Å². The zero-order chi connectivity index (χ0) is 14.8. The van der Waals surface area contributed by atoms with Crippen LogP contribution in [0.25, 0.3) is 0 Å². The molecule has 0 saturated carbocycles. The van der Waals surface area contributed by atoms with Crippen molar-refractivity contribution in [1.82, 2.24) is 0 Å². The number of para-hydroxylation sites is 1. The quantitative estimate of drug-likeness (QED) is 0.631. The largest absolute Gasteiger partial charge is 0.293 e. The molecule has 1 amide bonds. The third-order valence-electron chi connectivity index (χ3n) is 3.10. The fourth-order valence-electron chi connectivity index (χ4n) is 2.10. The van der Waals surface area contributed by atoms with Crippen molar-refractivity contribution in [1.29, 1.82) is 0 Å². The fraction of sp³-hybridized carbons (Fsp3) is 0.133. The standard InChI is InChI=1S/C15H11NO2S3/c17-11(12-7-4-8-20-12)9-13-14(18)16(15(19)21-13)10-5-2-1-3-6-10/h1-8,13H,9H2. The van der Waals surface area contributed by atoms with Crippen molar-refractivity contribution >= 4 is 57.0 Å². The molecule has 3 rings (SSSR count). The van der Waals surface area contributed by atoms with Crippen LogP contribution in [0, 0.1) is 0 Å². The van der Waals surface area contributed by atoms with Crippen LogP contribution in [0.1, 0.15) is 16.1 Å². The number of hydrogen-bond donors (Lipinski definition) is 0. The Morgan fingerprint density at radius 1 is 1.19 bits per heavy atom. The number of rotatable bonds is 4. The second-order valence-corrected chi connectivity index (χ2v) is 7.27. The van der Waals surface area contributed by atoms with Crippen LogP contribution in [0.3, 0.4) is 0 Å². The average molecular weight is 333 g/mol. The Hall–Kier alpha value is -1.50. The topological polar surface area (TPSA) is 37.4 Å². The van der Waals surface area contributed by atoms with E-state index in [-0.39, 0.29) is 18.1 Å². The van der Waals surface area contributed by atoms with E-state index in [9.17, 15) is 9.59 Å². The number of anilines is 1. The lowest BCUT2D eigenvalue weighted by molar-refractivity contribution is -0.116. The molecule has 1 aliphatic heterocycles. The monoisotopic (exact) mass is 333 g/mol. The summed E-state index contributed by atoms with van der Waals surface area (Å²) in [7, 11) is 0. The molecule has 2 heterocycles. The van der Waals surface area contributed by atoms with E-state index in [1.54, 1.807) is 6.07 Å². The Morgan fingerprint density at radius 3 is 2.62 bits per heavy atom. The molecule has 1 saturated heterocycles. The molecular formula is C15H11NO2S3. The van der Waals surface area contributed by atoms with Crippen LogP contribution < -0.4 is 4.90 Å². The van der Waals surface area contributed by atoms with Crippen LogP contribution in [-0.2, 0) is 4.79 Å². The Kier molecular flexibility index (Phi) is 4.19. The summed E-state index contributed by atoms with van der Waals surface area (Å²) < 4.78 is 0.509. The Balaban J connectivity index is 1.76. The van der Waals surface area contributed by atoms with Crippen molar-refractivity contribution in [2.24, 2.45) is 0 Å². The minimum absolute atomic E-state index is 0.00596. The maximum Gasteiger partial charge on any atom is 0.246 e. The highest BCUT2D eigenvalue weighted by Crippen LogP contribution is 2.34. The number of amides is 1. The molecule has 1 atom stereocenters. The number of nitrogens with zero attached hydrogens (tertiary/aromatic N) is 1. The van der Waals surface area contributed by atoms with Gasteiger partial charge in [0.2, 0.25) is 5.91 Å². The van der Waals surface area contributed by atoms with Gasteiger partial charge in [0.05, 0.1) is 15.8 Å². The van der Waals surface area contributed by atoms with Gasteiger partial charge in [-0.2, -0.15) is 0 Å². The van der Waals surface area contributed by atoms with Crippen molar-refractivity contribution < 1.29 is 9.59 Å². The molecule has 1 aromatic carbocycles. The molecule has 0 spiro atoms. The fourth-order valence-corrected chi connectivity index (χ4v) is 4.31. The first-order valence-electron chi connectivity index (χ1n) is 6.33. The van der Waals surface area contributed by atoms with E-state index in [1.165, 1.54) is 28.0 Å². The van der Waals surface area contributed by atoms with Crippen molar-refractivity contribution in [3.05, 3.63) is 52.7 Å². The van der Waals surface area contributed by atoms with Gasteiger partial charge in [0.1, 0.15) is 4.32 Å². The van der Waals surface area contributed by atoms with E-state index < -0.39 is 5.25 Å². The Bertz CT molecular complexity index is 682. The van der Waals surface area contributed by atoms with Crippen molar-refractivity contribution in [3.63, 3.8) is 0 Å². The zero-order valence-corrected chi connectivity index (χ0v) is 13.3. The number of Topliss-reactive ketones (excluding diaryl/α,β-unsaturated/α-hetero) is 1. The summed E-state index contributed by atoms with van der Waals surface area (Å²) in [6, 6.07) is 12.9. The predicted molar refractivity (Wildman–Crippen MR) is 91.2 cm³/mol. The van der Waals surface area contributed by atoms with Gasteiger partial charge in [0, 0.05) is 6.42 Å². The number of carbonyl (C=O) groups is 2. The molecule has 0 bridgehead atoms. The van der Waals surface area contributed by atoms with Gasteiger partial charge in [0.15, 0.2) is 5.78 Å². The molecule has 6 heteroatoms. The lowest BCUT2D eigenvalue weighted by atomic mass is 10.1. The molecule has 0 radical (unpaired) electrons. The molecule has 2 aromatic rings. The first kappa shape index (κ1) is 14.4. The molecule has 21 heavy (non-hydrogen) atoms. The number of carbonyl (C=O) groups excluding carboxylic acids is 2. The molecule has 1 fully saturated rings. The smallest absolute Gasteiger partial charge is 0.246 e. The highest BCUT2D eigenvalue weighted by molar-refractivity contribution is 8.25. The summed E-state index contributed by atoms with van der Waals surface area (Å²) in [5, 5.41) is 1.44. The molecule has 1 unspecified atom stereocenters. The lowest BCUT2D eigenvalue weighted by Gasteiger charge is -2.15. The lowest BCUT2D eigenvalue weighted by Crippen LogP contribution is -2.32. The number of thioether (sulfide) groups is 1. The molecule has 0 aliphatic carbocycles. The molecular weight excluding hydrogens is 322 g/mol. The van der Waals surface area contributed by atoms with Crippen molar-refractivity contribution in [2.75, 3.05) is 4.90 Å². The number of hydrogen-bond acceptors (Lipinski definition) is 5. The van der Waals surface area contributed by atoms with Gasteiger partial charge in [0.25, 0.3) is 0 Å². The second-order valence-electron chi connectivity index (χ2n) is 4.49. The number of thiocarbonyl (C=S) groups is 1. The van der Waals surface area contributed by atoms with Crippen molar-refractivity contribution in [2.45, 2.75) is 11.7 Å². The first-order chi connectivity index (χ1) is 10.2. The van der Waals surface area contributed by atoms with Crippen molar-refractivity contribution in [3.8, 4) is 0 Å². The van der Waals surface area contributed by atoms with Gasteiger partial charge in [-0.25, -0.2) is 0 Å².